The fraction of sp³-hybridized carbons (Fsp3) is 0.0400. The lowest BCUT2D eigenvalue weighted by Crippen LogP contribution is -2.04. The van der Waals surface area contributed by atoms with Crippen LogP contribution in [0.4, 0.5) is 4.39 Å². The number of phenols is 1. The summed E-state index contributed by atoms with van der Waals surface area (Å²) in [6, 6.07) is 24.1. The zero-order chi connectivity index (χ0) is 20.2. The Morgan fingerprint density at radius 3 is 2.28 bits per heavy atom. The van der Waals surface area contributed by atoms with E-state index in [2.05, 4.69) is 4.98 Å². The maximum absolute atomic E-state index is 14.0. The number of Topliss-reactive ketones (excluding diaryl/α,β-unsaturated/α-hetero) is 1. The average molecular weight is 383 g/mol. The van der Waals surface area contributed by atoms with Crippen LogP contribution in [0.2, 0.25) is 0 Å². The van der Waals surface area contributed by atoms with E-state index in [1.807, 2.05) is 24.3 Å². The minimum absolute atomic E-state index is 0.0256. The zero-order valence-electron chi connectivity index (χ0n) is 15.5. The smallest absolute Gasteiger partial charge is 0.167 e. The number of hydrogen-bond donors (Lipinski definition) is 1. The van der Waals surface area contributed by atoms with Crippen LogP contribution in [0.3, 0.4) is 0 Å². The topological polar surface area (TPSA) is 50.2 Å². The number of aromatic hydroxyl groups is 1. The second kappa shape index (κ2) is 8.07. The van der Waals surface area contributed by atoms with Crippen molar-refractivity contribution in [2.45, 2.75) is 6.42 Å². The molecule has 3 aromatic carbocycles. The summed E-state index contributed by atoms with van der Waals surface area (Å²) >= 11 is 0. The van der Waals surface area contributed by atoms with Gasteiger partial charge in [0.15, 0.2) is 5.78 Å². The van der Waals surface area contributed by atoms with Crippen LogP contribution < -0.4 is 0 Å². The van der Waals surface area contributed by atoms with Crippen LogP contribution in [0.25, 0.3) is 22.4 Å². The lowest BCUT2D eigenvalue weighted by Gasteiger charge is -2.07. The van der Waals surface area contributed by atoms with Gasteiger partial charge in [0.2, 0.25) is 0 Å². The minimum atomic E-state index is -0.264. The van der Waals surface area contributed by atoms with Crippen LogP contribution in [-0.4, -0.2) is 15.9 Å². The van der Waals surface area contributed by atoms with Crippen LogP contribution in [0, 0.1) is 5.82 Å². The molecule has 142 valence electrons. The second-order valence-electron chi connectivity index (χ2n) is 6.75. The van der Waals surface area contributed by atoms with E-state index < -0.39 is 0 Å². The van der Waals surface area contributed by atoms with Gasteiger partial charge in [0.1, 0.15) is 11.6 Å². The third-order valence-corrected chi connectivity index (χ3v) is 4.75. The molecule has 0 amide bonds. The average Bonchev–Trinajstić information content (AvgIpc) is 2.76. The summed E-state index contributed by atoms with van der Waals surface area (Å²) in [5, 5.41) is 9.36. The largest absolute Gasteiger partial charge is 0.508 e. The highest BCUT2D eigenvalue weighted by atomic mass is 19.1. The van der Waals surface area contributed by atoms with E-state index in [1.165, 1.54) is 6.07 Å². The molecule has 1 heterocycles. The minimum Gasteiger partial charge on any atom is -0.508 e. The Labute approximate surface area is 168 Å². The number of ketones is 1. The van der Waals surface area contributed by atoms with E-state index in [-0.39, 0.29) is 23.8 Å². The van der Waals surface area contributed by atoms with E-state index in [0.29, 0.717) is 16.8 Å². The number of rotatable bonds is 5. The Morgan fingerprint density at radius 1 is 0.862 bits per heavy atom. The summed E-state index contributed by atoms with van der Waals surface area (Å²) in [5.41, 5.74) is 4.27. The maximum Gasteiger partial charge on any atom is 0.167 e. The molecule has 0 unspecified atom stereocenters. The number of hydrogen-bond acceptors (Lipinski definition) is 3. The first-order valence-corrected chi connectivity index (χ1v) is 9.23. The van der Waals surface area contributed by atoms with E-state index in [9.17, 15) is 14.3 Å². The number of benzene rings is 3. The summed E-state index contributed by atoms with van der Waals surface area (Å²) in [6.45, 7) is 0. The first-order chi connectivity index (χ1) is 14.1. The van der Waals surface area contributed by atoms with Gasteiger partial charge >= 0.3 is 0 Å². The SMILES string of the molecule is O=C(Cc1ccc(O)cc1)c1ccnc(-c2ccc(-c3ccccc3F)cc2)c1. The molecule has 0 bridgehead atoms. The summed E-state index contributed by atoms with van der Waals surface area (Å²) in [5.74, 6) is -0.117. The van der Waals surface area contributed by atoms with Crippen LogP contribution in [0.1, 0.15) is 15.9 Å². The van der Waals surface area contributed by atoms with Gasteiger partial charge in [-0.15, -0.1) is 0 Å². The molecule has 0 fully saturated rings. The first kappa shape index (κ1) is 18.6. The monoisotopic (exact) mass is 383 g/mol. The molecule has 1 aromatic heterocycles. The van der Waals surface area contributed by atoms with Crippen molar-refractivity contribution in [1.82, 2.24) is 4.98 Å². The molecule has 0 atom stereocenters. The number of pyridine rings is 1. The van der Waals surface area contributed by atoms with Crippen molar-refractivity contribution in [3.8, 4) is 28.1 Å². The van der Waals surface area contributed by atoms with Gasteiger partial charge in [0.05, 0.1) is 5.69 Å². The summed E-state index contributed by atoms with van der Waals surface area (Å²) in [7, 11) is 0. The standard InChI is InChI=1S/C25H18FNO2/c26-23-4-2-1-3-22(23)18-7-9-19(10-8-18)24-16-20(13-14-27-24)25(29)15-17-5-11-21(28)12-6-17/h1-14,16,28H,15H2. The Bertz CT molecular complexity index is 1150. The summed E-state index contributed by atoms with van der Waals surface area (Å²) in [4.78, 5) is 17.0. The van der Waals surface area contributed by atoms with Crippen molar-refractivity contribution in [2.24, 2.45) is 0 Å². The molecule has 0 saturated carbocycles. The highest BCUT2D eigenvalue weighted by molar-refractivity contribution is 5.98. The van der Waals surface area contributed by atoms with Gasteiger partial charge in [0, 0.05) is 29.3 Å². The Morgan fingerprint density at radius 2 is 1.55 bits per heavy atom. The van der Waals surface area contributed by atoms with E-state index in [4.69, 9.17) is 0 Å². The molecule has 4 rings (SSSR count). The Kier molecular flexibility index (Phi) is 5.16. The molecule has 0 radical (unpaired) electrons. The molecule has 1 N–H and O–H groups in total. The molecule has 0 spiro atoms. The predicted octanol–water partition coefficient (Wildman–Crippen LogP) is 5.69. The van der Waals surface area contributed by atoms with Gasteiger partial charge in [0.25, 0.3) is 0 Å². The molecule has 0 saturated heterocycles. The number of phenolic OH excluding ortho intramolecular Hbond substituents is 1. The third-order valence-electron chi connectivity index (χ3n) is 4.75. The number of carbonyl (C=O) groups excluding carboxylic acids is 1. The molecule has 29 heavy (non-hydrogen) atoms. The lowest BCUT2D eigenvalue weighted by molar-refractivity contribution is 0.0993. The second-order valence-corrected chi connectivity index (χ2v) is 6.75. The van der Waals surface area contributed by atoms with Gasteiger partial charge in [-0.05, 0) is 41.5 Å². The van der Waals surface area contributed by atoms with Crippen molar-refractivity contribution in [3.63, 3.8) is 0 Å². The van der Waals surface area contributed by atoms with Crippen molar-refractivity contribution in [1.29, 1.82) is 0 Å². The molecule has 0 aliphatic rings. The van der Waals surface area contributed by atoms with Gasteiger partial charge in [-0.2, -0.15) is 0 Å². The van der Waals surface area contributed by atoms with Crippen LogP contribution >= 0.6 is 0 Å². The molecule has 4 aromatic rings. The van der Waals surface area contributed by atoms with E-state index in [1.54, 1.807) is 60.8 Å². The first-order valence-electron chi connectivity index (χ1n) is 9.23. The van der Waals surface area contributed by atoms with Gasteiger partial charge < -0.3 is 5.11 Å². The van der Waals surface area contributed by atoms with Gasteiger partial charge in [-0.3, -0.25) is 9.78 Å². The zero-order valence-corrected chi connectivity index (χ0v) is 15.5. The third kappa shape index (κ3) is 4.22. The van der Waals surface area contributed by atoms with Gasteiger partial charge in [-0.1, -0.05) is 54.6 Å². The van der Waals surface area contributed by atoms with Crippen molar-refractivity contribution < 1.29 is 14.3 Å². The molecule has 4 heteroatoms. The highest BCUT2D eigenvalue weighted by Gasteiger charge is 2.10. The summed E-state index contributed by atoms with van der Waals surface area (Å²) in [6.07, 6.45) is 1.86. The van der Waals surface area contributed by atoms with Crippen molar-refractivity contribution >= 4 is 5.78 Å². The lowest BCUT2D eigenvalue weighted by atomic mass is 10.00. The van der Waals surface area contributed by atoms with Crippen LogP contribution in [0.15, 0.2) is 91.1 Å². The van der Waals surface area contributed by atoms with Crippen molar-refractivity contribution in [3.05, 3.63) is 108 Å². The quantitative estimate of drug-likeness (QED) is 0.451. The number of aromatic nitrogens is 1. The fourth-order valence-electron chi connectivity index (χ4n) is 3.18. The normalized spacial score (nSPS) is 10.7. The number of carbonyl (C=O) groups is 1. The molecular weight excluding hydrogens is 365 g/mol. The highest BCUT2D eigenvalue weighted by Crippen LogP contribution is 2.26. The molecule has 3 nitrogen and oxygen atoms in total. The van der Waals surface area contributed by atoms with Crippen LogP contribution in [0.5, 0.6) is 5.75 Å². The molecule has 0 aliphatic heterocycles. The van der Waals surface area contributed by atoms with Crippen molar-refractivity contribution in [2.75, 3.05) is 0 Å². The van der Waals surface area contributed by atoms with E-state index in [0.717, 1.165) is 16.7 Å². The molecule has 0 aliphatic carbocycles. The Hall–Kier alpha value is -3.79. The number of halogens is 1. The maximum atomic E-state index is 14.0. The van der Waals surface area contributed by atoms with Crippen LogP contribution in [-0.2, 0) is 6.42 Å². The van der Waals surface area contributed by atoms with Gasteiger partial charge in [-0.25, -0.2) is 4.39 Å². The molecular formula is C25H18FNO2. The number of nitrogens with zero attached hydrogens (tertiary/aromatic N) is 1. The fourth-order valence-corrected chi connectivity index (χ4v) is 3.18. The predicted molar refractivity (Wildman–Crippen MR) is 111 cm³/mol. The Balaban J connectivity index is 1.56. The van der Waals surface area contributed by atoms with E-state index >= 15 is 0 Å². The summed E-state index contributed by atoms with van der Waals surface area (Å²) < 4.78 is 14.0.